The molecule has 2 rings (SSSR count). The van der Waals surface area contributed by atoms with Crippen LogP contribution in [0.5, 0.6) is 11.5 Å². The quantitative estimate of drug-likeness (QED) is 0.670. The molecule has 0 aliphatic rings. The minimum Gasteiger partial charge on any atom is -0.477 e. The number of carboxylic acids is 1. The van der Waals surface area contributed by atoms with E-state index in [0.29, 0.717) is 12.1 Å². The number of aromatic carboxylic acids is 1. The van der Waals surface area contributed by atoms with Gasteiger partial charge in [0.25, 0.3) is 0 Å². The number of ether oxygens (including phenoxy) is 1. The second-order valence-electron chi connectivity index (χ2n) is 3.96. The Morgan fingerprint density at radius 2 is 1.95 bits per heavy atom. The maximum atomic E-state index is 12.6. The first kappa shape index (κ1) is 15.8. The van der Waals surface area contributed by atoms with Crippen molar-refractivity contribution in [1.29, 1.82) is 0 Å². The third-order valence-electron chi connectivity index (χ3n) is 2.53. The molecular weight excluding hydrogens is 327 g/mol. The van der Waals surface area contributed by atoms with Crippen molar-refractivity contribution in [2.24, 2.45) is 0 Å². The Bertz CT molecular complexity index is 741. The van der Waals surface area contributed by atoms with E-state index in [4.69, 9.17) is 9.84 Å². The summed E-state index contributed by atoms with van der Waals surface area (Å²) < 4.78 is 42.8. The summed E-state index contributed by atoms with van der Waals surface area (Å²) in [7, 11) is 0. The smallest absolute Gasteiger partial charge is 0.416 e. The van der Waals surface area contributed by atoms with Crippen molar-refractivity contribution in [2.45, 2.75) is 6.18 Å². The summed E-state index contributed by atoms with van der Waals surface area (Å²) in [5.41, 5.74) is -2.10. The molecule has 0 fully saturated rings. The molecule has 10 heteroatoms. The van der Waals surface area contributed by atoms with E-state index < -0.39 is 34.1 Å². The van der Waals surface area contributed by atoms with Crippen LogP contribution in [0.3, 0.4) is 0 Å². The highest BCUT2D eigenvalue weighted by Crippen LogP contribution is 2.39. The lowest BCUT2D eigenvalue weighted by Crippen LogP contribution is -2.06. The molecule has 0 radical (unpaired) electrons. The van der Waals surface area contributed by atoms with Crippen LogP contribution in [0.2, 0.25) is 0 Å². The number of thiophene rings is 1. The fraction of sp³-hybridized carbons (Fsp3) is 0.0833. The van der Waals surface area contributed by atoms with Crippen LogP contribution in [0.4, 0.5) is 18.9 Å². The van der Waals surface area contributed by atoms with Crippen LogP contribution < -0.4 is 4.74 Å². The molecule has 6 nitrogen and oxygen atoms in total. The van der Waals surface area contributed by atoms with Crippen molar-refractivity contribution in [1.82, 2.24) is 0 Å². The van der Waals surface area contributed by atoms with E-state index in [9.17, 15) is 28.1 Å². The summed E-state index contributed by atoms with van der Waals surface area (Å²) >= 11 is 0.824. The van der Waals surface area contributed by atoms with E-state index >= 15 is 0 Å². The average molecular weight is 333 g/mol. The van der Waals surface area contributed by atoms with Crippen molar-refractivity contribution >= 4 is 23.0 Å². The van der Waals surface area contributed by atoms with Gasteiger partial charge in [0.15, 0.2) is 10.6 Å². The highest BCUT2D eigenvalue weighted by Gasteiger charge is 2.33. The van der Waals surface area contributed by atoms with Gasteiger partial charge >= 0.3 is 17.8 Å². The molecule has 0 unspecified atom stereocenters. The summed E-state index contributed by atoms with van der Waals surface area (Å²) in [6, 6.07) is 3.00. The van der Waals surface area contributed by atoms with E-state index in [0.717, 1.165) is 17.4 Å². The Morgan fingerprint density at radius 3 is 2.50 bits per heavy atom. The zero-order valence-electron chi connectivity index (χ0n) is 10.5. The molecule has 1 heterocycles. The van der Waals surface area contributed by atoms with Crippen LogP contribution >= 0.6 is 11.3 Å². The molecule has 0 aliphatic heterocycles. The van der Waals surface area contributed by atoms with Gasteiger partial charge in [0.2, 0.25) is 5.75 Å². The lowest BCUT2D eigenvalue weighted by atomic mass is 10.2. The third-order valence-corrected chi connectivity index (χ3v) is 3.41. The van der Waals surface area contributed by atoms with E-state index in [2.05, 4.69) is 0 Å². The Morgan fingerprint density at radius 1 is 1.27 bits per heavy atom. The van der Waals surface area contributed by atoms with E-state index in [1.807, 2.05) is 0 Å². The van der Waals surface area contributed by atoms with Crippen LogP contribution in [0.1, 0.15) is 15.2 Å². The molecule has 0 saturated heterocycles. The van der Waals surface area contributed by atoms with Crippen LogP contribution in [0.15, 0.2) is 29.6 Å². The number of alkyl halides is 3. The number of hydrogen-bond donors (Lipinski definition) is 1. The zero-order chi connectivity index (χ0) is 16.5. The van der Waals surface area contributed by atoms with Crippen molar-refractivity contribution in [3.8, 4) is 11.5 Å². The van der Waals surface area contributed by atoms with Gasteiger partial charge in [0, 0.05) is 6.07 Å². The van der Waals surface area contributed by atoms with Gasteiger partial charge in [-0.25, -0.2) is 4.79 Å². The van der Waals surface area contributed by atoms with Crippen molar-refractivity contribution in [3.63, 3.8) is 0 Å². The maximum absolute atomic E-state index is 12.6. The molecule has 1 N–H and O–H groups in total. The van der Waals surface area contributed by atoms with E-state index in [1.54, 1.807) is 0 Å². The summed E-state index contributed by atoms with van der Waals surface area (Å²) in [5, 5.41) is 21.2. The number of hydrogen-bond acceptors (Lipinski definition) is 5. The summed E-state index contributed by atoms with van der Waals surface area (Å²) in [6.07, 6.45) is -4.74. The van der Waals surface area contributed by atoms with Gasteiger partial charge in [-0.2, -0.15) is 13.2 Å². The highest BCUT2D eigenvalue weighted by atomic mass is 32.1. The van der Waals surface area contributed by atoms with Gasteiger partial charge in [-0.05, 0) is 23.6 Å². The van der Waals surface area contributed by atoms with Gasteiger partial charge in [0.1, 0.15) is 0 Å². The van der Waals surface area contributed by atoms with Crippen molar-refractivity contribution in [3.05, 3.63) is 50.2 Å². The first-order valence-electron chi connectivity index (χ1n) is 5.54. The molecule has 2 aromatic rings. The number of carbonyl (C=O) groups is 1. The fourth-order valence-electron chi connectivity index (χ4n) is 1.57. The fourth-order valence-corrected chi connectivity index (χ4v) is 2.23. The van der Waals surface area contributed by atoms with E-state index in [-0.39, 0.29) is 10.6 Å². The number of benzene rings is 1. The first-order valence-corrected chi connectivity index (χ1v) is 6.42. The van der Waals surface area contributed by atoms with Crippen LogP contribution in [-0.2, 0) is 6.18 Å². The molecule has 0 saturated carbocycles. The molecule has 116 valence electrons. The molecule has 0 amide bonds. The molecule has 0 atom stereocenters. The molecule has 0 bridgehead atoms. The summed E-state index contributed by atoms with van der Waals surface area (Å²) in [6.45, 7) is 0. The topological polar surface area (TPSA) is 89.7 Å². The monoisotopic (exact) mass is 333 g/mol. The first-order chi connectivity index (χ1) is 10.2. The molecule has 1 aromatic heterocycles. The Balaban J connectivity index is 2.45. The summed E-state index contributed by atoms with van der Waals surface area (Å²) in [5.74, 6) is -1.96. The highest BCUT2D eigenvalue weighted by molar-refractivity contribution is 7.12. The number of nitro benzene ring substituents is 1. The third kappa shape index (κ3) is 3.17. The van der Waals surface area contributed by atoms with Gasteiger partial charge in [-0.3, -0.25) is 10.1 Å². The number of nitro groups is 1. The van der Waals surface area contributed by atoms with Crippen molar-refractivity contribution < 1.29 is 32.7 Å². The predicted octanol–water partition coefficient (Wildman–Crippen LogP) is 4.17. The van der Waals surface area contributed by atoms with Crippen LogP contribution in [-0.4, -0.2) is 16.0 Å². The standard InChI is InChI=1S/C12H6F3NO5S/c13-12(14,15)6-1-2-8(7(5-6)16(19)20)21-9-3-4-22-10(9)11(17)18/h1-5H,(H,17,18). The number of rotatable bonds is 4. The Kier molecular flexibility index (Phi) is 4.04. The molecule has 22 heavy (non-hydrogen) atoms. The minimum atomic E-state index is -4.74. The molecule has 1 aromatic carbocycles. The lowest BCUT2D eigenvalue weighted by molar-refractivity contribution is -0.385. The summed E-state index contributed by atoms with van der Waals surface area (Å²) in [4.78, 5) is 20.6. The zero-order valence-corrected chi connectivity index (χ0v) is 11.3. The maximum Gasteiger partial charge on any atom is 0.416 e. The number of nitrogens with zero attached hydrogens (tertiary/aromatic N) is 1. The average Bonchev–Trinajstić information content (AvgIpc) is 2.86. The normalized spacial score (nSPS) is 11.2. The number of carboxylic acid groups (broad SMARTS) is 1. The Hall–Kier alpha value is -2.62. The number of halogens is 3. The minimum absolute atomic E-state index is 0.180. The van der Waals surface area contributed by atoms with E-state index in [1.165, 1.54) is 11.4 Å². The SMILES string of the molecule is O=C(O)c1sccc1Oc1ccc(C(F)(F)F)cc1[N+](=O)[O-]. The molecule has 0 spiro atoms. The Labute approximate surface area is 124 Å². The second kappa shape index (κ2) is 5.64. The predicted molar refractivity (Wildman–Crippen MR) is 69.5 cm³/mol. The second-order valence-corrected chi connectivity index (χ2v) is 4.87. The van der Waals surface area contributed by atoms with Crippen LogP contribution in [0, 0.1) is 10.1 Å². The largest absolute Gasteiger partial charge is 0.477 e. The van der Waals surface area contributed by atoms with Gasteiger partial charge < -0.3 is 9.84 Å². The van der Waals surface area contributed by atoms with Gasteiger partial charge in [-0.1, -0.05) is 0 Å². The lowest BCUT2D eigenvalue weighted by Gasteiger charge is -2.09. The van der Waals surface area contributed by atoms with Crippen LogP contribution in [0.25, 0.3) is 0 Å². The molecule has 0 aliphatic carbocycles. The van der Waals surface area contributed by atoms with Crippen molar-refractivity contribution in [2.75, 3.05) is 0 Å². The molecular formula is C12H6F3NO5S. The van der Waals surface area contributed by atoms with Gasteiger partial charge in [0.05, 0.1) is 10.5 Å². The van der Waals surface area contributed by atoms with Gasteiger partial charge in [-0.15, -0.1) is 11.3 Å².